The van der Waals surface area contributed by atoms with Gasteiger partial charge in [-0.3, -0.25) is 0 Å². The Bertz CT molecular complexity index is 558. The summed E-state index contributed by atoms with van der Waals surface area (Å²) in [6, 6.07) is 10.4. The van der Waals surface area contributed by atoms with Gasteiger partial charge < -0.3 is 4.90 Å². The third-order valence-electron chi connectivity index (χ3n) is 2.76. The first-order valence-electron chi connectivity index (χ1n) is 5.80. The average Bonchev–Trinajstić information content (AvgIpc) is 2.27. The standard InChI is InChI=1S/C15H18N2/c1-11(2)10-17(4)15-12(3)9-13-7-5-6-8-14(13)16-15/h5-9H,1,10H2,2-4H3. The van der Waals surface area contributed by atoms with Crippen molar-refractivity contribution >= 4 is 16.7 Å². The minimum absolute atomic E-state index is 0.839. The number of anilines is 1. The van der Waals surface area contributed by atoms with Crippen molar-refractivity contribution in [1.82, 2.24) is 4.98 Å². The van der Waals surface area contributed by atoms with Gasteiger partial charge in [0.2, 0.25) is 0 Å². The lowest BCUT2D eigenvalue weighted by Gasteiger charge is -2.20. The van der Waals surface area contributed by atoms with Crippen molar-refractivity contribution in [3.05, 3.63) is 48.0 Å². The normalized spacial score (nSPS) is 10.5. The number of benzene rings is 1. The minimum atomic E-state index is 0.839. The van der Waals surface area contributed by atoms with Crippen molar-refractivity contribution in [2.45, 2.75) is 13.8 Å². The third-order valence-corrected chi connectivity index (χ3v) is 2.76. The van der Waals surface area contributed by atoms with Crippen LogP contribution in [0.25, 0.3) is 10.9 Å². The highest BCUT2D eigenvalue weighted by Crippen LogP contribution is 2.22. The van der Waals surface area contributed by atoms with Crippen LogP contribution in [0.1, 0.15) is 12.5 Å². The molecule has 17 heavy (non-hydrogen) atoms. The van der Waals surface area contributed by atoms with E-state index in [4.69, 9.17) is 4.98 Å². The molecular formula is C15H18N2. The highest BCUT2D eigenvalue weighted by atomic mass is 15.2. The van der Waals surface area contributed by atoms with E-state index in [1.807, 2.05) is 25.1 Å². The lowest BCUT2D eigenvalue weighted by Crippen LogP contribution is -2.21. The van der Waals surface area contributed by atoms with Gasteiger partial charge in [-0.2, -0.15) is 0 Å². The van der Waals surface area contributed by atoms with Crippen molar-refractivity contribution in [2.24, 2.45) is 0 Å². The van der Waals surface area contributed by atoms with Gasteiger partial charge in [-0.05, 0) is 31.5 Å². The molecular weight excluding hydrogens is 208 g/mol. The zero-order chi connectivity index (χ0) is 12.4. The first-order chi connectivity index (χ1) is 8.08. The van der Waals surface area contributed by atoms with E-state index in [1.54, 1.807) is 0 Å². The number of likely N-dealkylation sites (N-methyl/N-ethyl adjacent to an activating group) is 1. The largest absolute Gasteiger partial charge is 0.355 e. The Morgan fingerprint density at radius 2 is 2.06 bits per heavy atom. The number of rotatable bonds is 3. The summed E-state index contributed by atoms with van der Waals surface area (Å²) >= 11 is 0. The fourth-order valence-corrected chi connectivity index (χ4v) is 2.08. The average molecular weight is 226 g/mol. The molecule has 0 bridgehead atoms. The van der Waals surface area contributed by atoms with E-state index in [2.05, 4.69) is 37.6 Å². The maximum absolute atomic E-state index is 4.71. The molecule has 0 spiro atoms. The molecule has 0 radical (unpaired) electrons. The second kappa shape index (κ2) is 4.58. The number of aryl methyl sites for hydroxylation is 1. The number of pyridine rings is 1. The highest BCUT2D eigenvalue weighted by molar-refractivity contribution is 5.81. The van der Waals surface area contributed by atoms with E-state index < -0.39 is 0 Å². The SMILES string of the molecule is C=C(C)CN(C)c1nc2ccccc2cc1C. The fourth-order valence-electron chi connectivity index (χ4n) is 2.08. The second-order valence-corrected chi connectivity index (χ2v) is 4.63. The van der Waals surface area contributed by atoms with Gasteiger partial charge in [-0.1, -0.05) is 30.4 Å². The zero-order valence-electron chi connectivity index (χ0n) is 10.7. The van der Waals surface area contributed by atoms with Crippen molar-refractivity contribution in [3.63, 3.8) is 0 Å². The molecule has 1 aromatic heterocycles. The monoisotopic (exact) mass is 226 g/mol. The maximum Gasteiger partial charge on any atom is 0.132 e. The summed E-state index contributed by atoms with van der Waals surface area (Å²) < 4.78 is 0. The first-order valence-corrected chi connectivity index (χ1v) is 5.80. The molecule has 2 nitrogen and oxygen atoms in total. The molecule has 0 aliphatic carbocycles. The summed E-state index contributed by atoms with van der Waals surface area (Å²) in [5, 5.41) is 1.19. The van der Waals surface area contributed by atoms with Crippen LogP contribution in [0.5, 0.6) is 0 Å². The fraction of sp³-hybridized carbons (Fsp3) is 0.267. The Kier molecular flexibility index (Phi) is 3.14. The number of aromatic nitrogens is 1. The van der Waals surface area contributed by atoms with Crippen LogP contribution < -0.4 is 4.90 Å². The van der Waals surface area contributed by atoms with Crippen LogP contribution in [0.3, 0.4) is 0 Å². The summed E-state index contributed by atoms with van der Waals surface area (Å²) in [6.45, 7) is 8.92. The second-order valence-electron chi connectivity index (χ2n) is 4.63. The summed E-state index contributed by atoms with van der Waals surface area (Å²) in [5.41, 5.74) is 3.39. The number of hydrogen-bond donors (Lipinski definition) is 0. The summed E-state index contributed by atoms with van der Waals surface area (Å²) in [4.78, 5) is 6.86. The zero-order valence-corrected chi connectivity index (χ0v) is 10.7. The molecule has 88 valence electrons. The molecule has 0 saturated carbocycles. The van der Waals surface area contributed by atoms with Crippen molar-refractivity contribution < 1.29 is 0 Å². The van der Waals surface area contributed by atoms with Crippen LogP contribution >= 0.6 is 0 Å². The maximum atomic E-state index is 4.71. The molecule has 0 N–H and O–H groups in total. The van der Waals surface area contributed by atoms with Crippen molar-refractivity contribution in [2.75, 3.05) is 18.5 Å². The van der Waals surface area contributed by atoms with Gasteiger partial charge in [0.15, 0.2) is 0 Å². The van der Waals surface area contributed by atoms with E-state index in [1.165, 1.54) is 10.9 Å². The molecule has 0 fully saturated rings. The molecule has 0 unspecified atom stereocenters. The summed E-state index contributed by atoms with van der Waals surface area (Å²) in [5.74, 6) is 1.03. The predicted molar refractivity (Wildman–Crippen MR) is 74.6 cm³/mol. The molecule has 0 atom stereocenters. The molecule has 2 aromatic rings. The topological polar surface area (TPSA) is 16.1 Å². The van der Waals surface area contributed by atoms with Crippen LogP contribution in [0, 0.1) is 6.92 Å². The van der Waals surface area contributed by atoms with Gasteiger partial charge in [-0.25, -0.2) is 4.98 Å². The van der Waals surface area contributed by atoms with Crippen LogP contribution in [0.4, 0.5) is 5.82 Å². The Labute approximate surface area is 103 Å². The van der Waals surface area contributed by atoms with Crippen molar-refractivity contribution in [1.29, 1.82) is 0 Å². The Morgan fingerprint density at radius 3 is 2.76 bits per heavy atom. The van der Waals surface area contributed by atoms with Gasteiger partial charge in [0.25, 0.3) is 0 Å². The van der Waals surface area contributed by atoms with Crippen LogP contribution in [0.15, 0.2) is 42.5 Å². The minimum Gasteiger partial charge on any atom is -0.355 e. The molecule has 2 heteroatoms. The Balaban J connectivity index is 2.46. The van der Waals surface area contributed by atoms with Crippen LogP contribution in [-0.2, 0) is 0 Å². The quantitative estimate of drug-likeness (QED) is 0.744. The van der Waals surface area contributed by atoms with E-state index >= 15 is 0 Å². The highest BCUT2D eigenvalue weighted by Gasteiger charge is 2.07. The third kappa shape index (κ3) is 2.47. The summed E-state index contributed by atoms with van der Waals surface area (Å²) in [7, 11) is 2.05. The number of hydrogen-bond acceptors (Lipinski definition) is 2. The van der Waals surface area contributed by atoms with E-state index in [0.717, 1.165) is 23.5 Å². The van der Waals surface area contributed by atoms with Gasteiger partial charge >= 0.3 is 0 Å². The van der Waals surface area contributed by atoms with Crippen LogP contribution in [-0.4, -0.2) is 18.6 Å². The first kappa shape index (κ1) is 11.6. The van der Waals surface area contributed by atoms with E-state index in [0.29, 0.717) is 0 Å². The van der Waals surface area contributed by atoms with Gasteiger partial charge in [0.1, 0.15) is 5.82 Å². The molecule has 1 heterocycles. The van der Waals surface area contributed by atoms with Gasteiger partial charge in [0.05, 0.1) is 5.52 Å². The lowest BCUT2D eigenvalue weighted by molar-refractivity contribution is 0.952. The molecule has 0 aliphatic rings. The van der Waals surface area contributed by atoms with E-state index in [9.17, 15) is 0 Å². The molecule has 1 aromatic carbocycles. The molecule has 0 aliphatic heterocycles. The molecule has 0 amide bonds. The van der Waals surface area contributed by atoms with Crippen molar-refractivity contribution in [3.8, 4) is 0 Å². The van der Waals surface area contributed by atoms with Gasteiger partial charge in [-0.15, -0.1) is 0 Å². The smallest absolute Gasteiger partial charge is 0.132 e. The number of fused-ring (bicyclic) bond motifs is 1. The molecule has 0 saturated heterocycles. The Hall–Kier alpha value is -1.83. The lowest BCUT2D eigenvalue weighted by atomic mass is 10.1. The number of nitrogens with zero attached hydrogens (tertiary/aromatic N) is 2. The Morgan fingerprint density at radius 1 is 1.35 bits per heavy atom. The van der Waals surface area contributed by atoms with Gasteiger partial charge in [0, 0.05) is 19.0 Å². The summed E-state index contributed by atoms with van der Waals surface area (Å²) in [6.07, 6.45) is 0. The predicted octanol–water partition coefficient (Wildman–Crippen LogP) is 3.56. The van der Waals surface area contributed by atoms with Crippen LogP contribution in [0.2, 0.25) is 0 Å². The van der Waals surface area contributed by atoms with E-state index in [-0.39, 0.29) is 0 Å². The number of para-hydroxylation sites is 1. The molecule has 2 rings (SSSR count).